The standard InChI is InChI=1S/C13H14N2O4/c1-17-8-6-7-4-5-15-10(13(14)16)9(7)12(19-3)11(8)18-2/h4-6H,1-3H3,(H2,14,16). The number of fused-ring (bicyclic) bond motifs is 1. The summed E-state index contributed by atoms with van der Waals surface area (Å²) in [6.45, 7) is 0. The summed E-state index contributed by atoms with van der Waals surface area (Å²) >= 11 is 0. The number of methoxy groups -OCH3 is 3. The molecule has 2 rings (SSSR count). The number of nitrogens with two attached hydrogens (primary N) is 1. The highest BCUT2D eigenvalue weighted by atomic mass is 16.5. The summed E-state index contributed by atoms with van der Waals surface area (Å²) in [5.74, 6) is 0.649. The number of carbonyl (C=O) groups excluding carboxylic acids is 1. The van der Waals surface area contributed by atoms with E-state index in [1.807, 2.05) is 0 Å². The number of amides is 1. The van der Waals surface area contributed by atoms with Gasteiger partial charge < -0.3 is 19.9 Å². The molecule has 0 saturated heterocycles. The predicted molar refractivity (Wildman–Crippen MR) is 69.9 cm³/mol. The average molecular weight is 262 g/mol. The molecule has 0 bridgehead atoms. The van der Waals surface area contributed by atoms with E-state index in [1.54, 1.807) is 12.1 Å². The molecule has 1 aromatic carbocycles. The monoisotopic (exact) mass is 262 g/mol. The number of primary amides is 1. The van der Waals surface area contributed by atoms with E-state index in [0.717, 1.165) is 5.39 Å². The van der Waals surface area contributed by atoms with Gasteiger partial charge in [-0.3, -0.25) is 9.78 Å². The van der Waals surface area contributed by atoms with Crippen molar-refractivity contribution in [2.75, 3.05) is 21.3 Å². The van der Waals surface area contributed by atoms with Crippen molar-refractivity contribution in [2.45, 2.75) is 0 Å². The largest absolute Gasteiger partial charge is 0.493 e. The van der Waals surface area contributed by atoms with Crippen LogP contribution in [0.2, 0.25) is 0 Å². The second-order valence-electron chi connectivity index (χ2n) is 3.77. The van der Waals surface area contributed by atoms with Crippen LogP contribution in [0, 0.1) is 0 Å². The maximum atomic E-state index is 11.5. The van der Waals surface area contributed by atoms with Crippen LogP contribution in [0.1, 0.15) is 10.5 Å². The fourth-order valence-corrected chi connectivity index (χ4v) is 1.99. The van der Waals surface area contributed by atoms with Gasteiger partial charge in [0.1, 0.15) is 5.69 Å². The van der Waals surface area contributed by atoms with E-state index < -0.39 is 5.91 Å². The van der Waals surface area contributed by atoms with Gasteiger partial charge in [-0.25, -0.2) is 0 Å². The van der Waals surface area contributed by atoms with Crippen molar-refractivity contribution in [3.63, 3.8) is 0 Å². The molecule has 1 aromatic heterocycles. The smallest absolute Gasteiger partial charge is 0.268 e. The van der Waals surface area contributed by atoms with Crippen LogP contribution in [0.15, 0.2) is 18.3 Å². The Hall–Kier alpha value is -2.50. The Labute approximate surface area is 110 Å². The SMILES string of the molecule is COc1cc2ccnc(C(N)=O)c2c(OC)c1OC. The molecule has 2 aromatic rings. The van der Waals surface area contributed by atoms with Crippen LogP contribution >= 0.6 is 0 Å². The number of aromatic nitrogens is 1. The van der Waals surface area contributed by atoms with E-state index in [4.69, 9.17) is 19.9 Å². The lowest BCUT2D eigenvalue weighted by Crippen LogP contribution is -2.14. The molecule has 0 saturated carbocycles. The molecular formula is C13H14N2O4. The fourth-order valence-electron chi connectivity index (χ4n) is 1.99. The lowest BCUT2D eigenvalue weighted by atomic mass is 10.1. The molecule has 100 valence electrons. The molecule has 6 nitrogen and oxygen atoms in total. The van der Waals surface area contributed by atoms with Crippen LogP contribution in [0.25, 0.3) is 10.8 Å². The molecule has 1 amide bonds. The first kappa shape index (κ1) is 12.9. The summed E-state index contributed by atoms with van der Waals surface area (Å²) in [6, 6.07) is 3.48. The van der Waals surface area contributed by atoms with Crippen LogP contribution < -0.4 is 19.9 Å². The van der Waals surface area contributed by atoms with E-state index in [1.165, 1.54) is 27.5 Å². The third-order valence-corrected chi connectivity index (χ3v) is 2.79. The maximum absolute atomic E-state index is 11.5. The highest BCUT2D eigenvalue weighted by Crippen LogP contribution is 2.43. The molecule has 0 aliphatic carbocycles. The molecule has 0 fully saturated rings. The molecule has 0 unspecified atom stereocenters. The molecular weight excluding hydrogens is 248 g/mol. The first-order chi connectivity index (χ1) is 9.13. The van der Waals surface area contributed by atoms with Gasteiger partial charge in [0, 0.05) is 6.20 Å². The lowest BCUT2D eigenvalue weighted by molar-refractivity contribution is 0.0997. The highest BCUT2D eigenvalue weighted by molar-refractivity contribution is 6.08. The average Bonchev–Trinajstić information content (AvgIpc) is 2.43. The van der Waals surface area contributed by atoms with Gasteiger partial charge in [-0.15, -0.1) is 0 Å². The van der Waals surface area contributed by atoms with Crippen LogP contribution in [-0.4, -0.2) is 32.2 Å². The number of hydrogen-bond donors (Lipinski definition) is 1. The minimum atomic E-state index is -0.629. The molecule has 0 atom stereocenters. The van der Waals surface area contributed by atoms with Crippen LogP contribution in [0.3, 0.4) is 0 Å². The van der Waals surface area contributed by atoms with Crippen molar-refractivity contribution >= 4 is 16.7 Å². The van der Waals surface area contributed by atoms with Crippen molar-refractivity contribution in [2.24, 2.45) is 5.73 Å². The Morgan fingerprint density at radius 3 is 2.37 bits per heavy atom. The number of rotatable bonds is 4. The predicted octanol–water partition coefficient (Wildman–Crippen LogP) is 1.36. The van der Waals surface area contributed by atoms with E-state index in [0.29, 0.717) is 22.6 Å². The van der Waals surface area contributed by atoms with Crippen molar-refractivity contribution in [3.8, 4) is 17.2 Å². The zero-order valence-corrected chi connectivity index (χ0v) is 10.9. The van der Waals surface area contributed by atoms with Crippen LogP contribution in [-0.2, 0) is 0 Å². The summed E-state index contributed by atoms with van der Waals surface area (Å²) in [5.41, 5.74) is 5.47. The highest BCUT2D eigenvalue weighted by Gasteiger charge is 2.20. The first-order valence-electron chi connectivity index (χ1n) is 5.51. The van der Waals surface area contributed by atoms with Gasteiger partial charge in [-0.05, 0) is 17.5 Å². The minimum Gasteiger partial charge on any atom is -0.493 e. The molecule has 6 heteroatoms. The lowest BCUT2D eigenvalue weighted by Gasteiger charge is -2.15. The molecule has 19 heavy (non-hydrogen) atoms. The van der Waals surface area contributed by atoms with Crippen LogP contribution in [0.4, 0.5) is 0 Å². The third-order valence-electron chi connectivity index (χ3n) is 2.79. The minimum absolute atomic E-state index is 0.135. The maximum Gasteiger partial charge on any atom is 0.268 e. The summed E-state index contributed by atoms with van der Waals surface area (Å²) in [4.78, 5) is 15.5. The van der Waals surface area contributed by atoms with Gasteiger partial charge in [0.25, 0.3) is 5.91 Å². The molecule has 0 radical (unpaired) electrons. The summed E-state index contributed by atoms with van der Waals surface area (Å²) in [7, 11) is 4.50. The van der Waals surface area contributed by atoms with Gasteiger partial charge in [-0.2, -0.15) is 0 Å². The van der Waals surface area contributed by atoms with Crippen LogP contribution in [0.5, 0.6) is 17.2 Å². The molecule has 0 aliphatic heterocycles. The summed E-state index contributed by atoms with van der Waals surface area (Å²) in [6.07, 6.45) is 1.51. The van der Waals surface area contributed by atoms with E-state index >= 15 is 0 Å². The Balaban J connectivity index is 2.94. The zero-order chi connectivity index (χ0) is 14.0. The Kier molecular flexibility index (Phi) is 3.41. The van der Waals surface area contributed by atoms with Gasteiger partial charge in [0.05, 0.1) is 26.7 Å². The summed E-state index contributed by atoms with van der Waals surface area (Å²) in [5, 5.41) is 1.24. The Bertz CT molecular complexity index is 640. The number of benzene rings is 1. The first-order valence-corrected chi connectivity index (χ1v) is 5.51. The van der Waals surface area contributed by atoms with Gasteiger partial charge in [0.15, 0.2) is 11.5 Å². The number of carbonyl (C=O) groups is 1. The topological polar surface area (TPSA) is 83.7 Å². The van der Waals surface area contributed by atoms with E-state index in [-0.39, 0.29) is 5.69 Å². The van der Waals surface area contributed by atoms with Gasteiger partial charge in [-0.1, -0.05) is 0 Å². The van der Waals surface area contributed by atoms with Crippen molar-refractivity contribution in [3.05, 3.63) is 24.0 Å². The number of hydrogen-bond acceptors (Lipinski definition) is 5. The molecule has 1 heterocycles. The van der Waals surface area contributed by atoms with Gasteiger partial charge in [0.2, 0.25) is 5.75 Å². The van der Waals surface area contributed by atoms with Crippen molar-refractivity contribution < 1.29 is 19.0 Å². The number of pyridine rings is 1. The van der Waals surface area contributed by atoms with Gasteiger partial charge >= 0.3 is 0 Å². The molecule has 0 spiro atoms. The Morgan fingerprint density at radius 1 is 1.16 bits per heavy atom. The molecule has 2 N–H and O–H groups in total. The number of ether oxygens (including phenoxy) is 3. The second-order valence-corrected chi connectivity index (χ2v) is 3.77. The Morgan fingerprint density at radius 2 is 1.84 bits per heavy atom. The second kappa shape index (κ2) is 5.01. The zero-order valence-electron chi connectivity index (χ0n) is 10.9. The fraction of sp³-hybridized carbons (Fsp3) is 0.231. The van der Waals surface area contributed by atoms with E-state index in [9.17, 15) is 4.79 Å². The van der Waals surface area contributed by atoms with Crippen molar-refractivity contribution in [1.29, 1.82) is 0 Å². The quantitative estimate of drug-likeness (QED) is 0.899. The number of nitrogens with zero attached hydrogens (tertiary/aromatic N) is 1. The normalized spacial score (nSPS) is 10.3. The van der Waals surface area contributed by atoms with E-state index in [2.05, 4.69) is 4.98 Å². The van der Waals surface area contributed by atoms with Crippen molar-refractivity contribution in [1.82, 2.24) is 4.98 Å². The summed E-state index contributed by atoms with van der Waals surface area (Å²) < 4.78 is 15.8. The third kappa shape index (κ3) is 2.01. The molecule has 0 aliphatic rings.